The van der Waals surface area contributed by atoms with Crippen molar-refractivity contribution in [3.05, 3.63) is 28.8 Å². The molecule has 0 amide bonds. The number of aryl methyl sites for hydroxylation is 1. The molecule has 0 radical (unpaired) electrons. The fourth-order valence-corrected chi connectivity index (χ4v) is 2.32. The fourth-order valence-electron chi connectivity index (χ4n) is 1.51. The Morgan fingerprint density at radius 2 is 1.87 bits per heavy atom. The van der Waals surface area contributed by atoms with Crippen molar-refractivity contribution < 1.29 is 0 Å². The number of nitrogens with zero attached hydrogens (tertiary/aromatic N) is 1. The van der Waals surface area contributed by atoms with E-state index in [0.29, 0.717) is 0 Å². The maximum atomic E-state index is 4.51. The molecule has 2 aromatic rings. The molecule has 0 fully saturated rings. The third-order valence-corrected chi connectivity index (χ3v) is 3.31. The Morgan fingerprint density at radius 3 is 2.47 bits per heavy atom. The molecule has 2 rings (SSSR count). The third-order valence-electron chi connectivity index (χ3n) is 2.36. The van der Waals surface area contributed by atoms with Gasteiger partial charge in [-0.05, 0) is 30.0 Å². The zero-order valence-electron chi connectivity index (χ0n) is 9.09. The smallest absolute Gasteiger partial charge is 0.0907 e. The van der Waals surface area contributed by atoms with Crippen LogP contribution < -0.4 is 0 Å². The number of thiazole rings is 1. The van der Waals surface area contributed by atoms with Crippen LogP contribution in [0, 0.1) is 6.92 Å². The first-order chi connectivity index (χ1) is 6.47. The van der Waals surface area contributed by atoms with Gasteiger partial charge in [0.05, 0.1) is 15.2 Å². The van der Waals surface area contributed by atoms with Crippen LogP contribution in [0.15, 0.2) is 18.2 Å². The summed E-state index contributed by atoms with van der Waals surface area (Å²) in [6.07, 6.45) is 0. The van der Waals surface area contributed by atoms with Crippen LogP contribution in [0.4, 0.5) is 0 Å². The van der Waals surface area contributed by atoms with Crippen LogP contribution in [0.2, 0.25) is 0 Å². The second kappa shape index (κ2) is 3.93. The zero-order chi connectivity index (χ0) is 10.3. The van der Waals surface area contributed by atoms with Gasteiger partial charge in [-0.2, -0.15) is 0 Å². The van der Waals surface area contributed by atoms with Gasteiger partial charge in [0, 0.05) is 0 Å². The summed E-state index contributed by atoms with van der Waals surface area (Å²) in [5.74, 6) is 0. The molecule has 2 heteroatoms. The highest BCUT2D eigenvalue weighted by Crippen LogP contribution is 2.28. The van der Waals surface area contributed by atoms with Crippen LogP contribution >= 0.6 is 11.3 Å². The van der Waals surface area contributed by atoms with E-state index >= 15 is 0 Å². The molecule has 1 heterocycles. The summed E-state index contributed by atoms with van der Waals surface area (Å²) in [5.41, 5.74) is 2.71. The maximum absolute atomic E-state index is 4.51. The van der Waals surface area contributed by atoms with E-state index in [1.54, 1.807) is 11.3 Å². The molecule has 1 nitrogen and oxygen atoms in total. The van der Waals surface area contributed by atoms with E-state index in [1.165, 1.54) is 10.3 Å². The zero-order valence-corrected chi connectivity index (χ0v) is 9.90. The third kappa shape index (κ3) is 2.37. The van der Waals surface area contributed by atoms with Crippen molar-refractivity contribution in [1.29, 1.82) is 0 Å². The fraction of sp³-hybridized carbons (Fsp3) is 0.462. The molecule has 0 saturated heterocycles. The summed E-state index contributed by atoms with van der Waals surface area (Å²) in [7, 11) is 0. The summed E-state index contributed by atoms with van der Waals surface area (Å²) in [5, 5.41) is 1.14. The van der Waals surface area contributed by atoms with Gasteiger partial charge in [-0.25, -0.2) is 4.98 Å². The first-order valence-corrected chi connectivity index (χ1v) is 5.66. The lowest BCUT2D eigenvalue weighted by molar-refractivity contribution is 0.591. The second-order valence-corrected chi connectivity index (χ2v) is 5.90. The lowest BCUT2D eigenvalue weighted by Gasteiger charge is -2.18. The summed E-state index contributed by atoms with van der Waals surface area (Å²) in [6, 6.07) is 6.60. The molecule has 0 atom stereocenters. The van der Waals surface area contributed by atoms with Crippen LogP contribution in [0.5, 0.6) is 0 Å². The normalized spacial score (nSPS) is 11.5. The first-order valence-electron chi connectivity index (χ1n) is 4.84. The van der Waals surface area contributed by atoms with Gasteiger partial charge in [0.2, 0.25) is 0 Å². The highest BCUT2D eigenvalue weighted by molar-refractivity contribution is 7.18. The van der Waals surface area contributed by atoms with Crippen molar-refractivity contribution in [2.45, 2.75) is 40.5 Å². The number of hydrogen-bond acceptors (Lipinski definition) is 2. The van der Waals surface area contributed by atoms with Crippen LogP contribution in [0.25, 0.3) is 10.2 Å². The molecule has 0 spiro atoms. The SMILES string of the molecule is C.Cc1nc2cc(C(C)(C)C)ccc2s1. The maximum Gasteiger partial charge on any atom is 0.0907 e. The minimum atomic E-state index is 0. The average molecular weight is 221 g/mol. The van der Waals surface area contributed by atoms with Crippen molar-refractivity contribution in [2.75, 3.05) is 0 Å². The number of rotatable bonds is 0. The van der Waals surface area contributed by atoms with Crippen molar-refractivity contribution in [1.82, 2.24) is 4.98 Å². The minimum absolute atomic E-state index is 0. The van der Waals surface area contributed by atoms with Crippen LogP contribution in [0.3, 0.4) is 0 Å². The quantitative estimate of drug-likeness (QED) is 0.636. The minimum Gasteiger partial charge on any atom is -0.242 e. The van der Waals surface area contributed by atoms with E-state index in [1.807, 2.05) is 0 Å². The van der Waals surface area contributed by atoms with E-state index in [0.717, 1.165) is 10.5 Å². The van der Waals surface area contributed by atoms with Gasteiger partial charge in [-0.15, -0.1) is 11.3 Å². The van der Waals surface area contributed by atoms with Gasteiger partial charge in [-0.1, -0.05) is 34.3 Å². The van der Waals surface area contributed by atoms with Gasteiger partial charge in [0.15, 0.2) is 0 Å². The number of aromatic nitrogens is 1. The molecule has 0 N–H and O–H groups in total. The average Bonchev–Trinajstić information content (AvgIpc) is 2.41. The number of benzene rings is 1. The Balaban J connectivity index is 0.00000112. The van der Waals surface area contributed by atoms with E-state index in [4.69, 9.17) is 0 Å². The van der Waals surface area contributed by atoms with E-state index in [-0.39, 0.29) is 12.8 Å². The molecule has 0 aliphatic carbocycles. The molecule has 0 saturated carbocycles. The molecule has 0 unspecified atom stereocenters. The van der Waals surface area contributed by atoms with Crippen LogP contribution in [-0.2, 0) is 5.41 Å². The Labute approximate surface area is 96.2 Å². The summed E-state index contributed by atoms with van der Waals surface area (Å²) in [6.45, 7) is 8.75. The molecular formula is C13H19NS. The summed E-state index contributed by atoms with van der Waals surface area (Å²) < 4.78 is 1.29. The van der Waals surface area contributed by atoms with Crippen LogP contribution in [0.1, 0.15) is 38.8 Å². The van der Waals surface area contributed by atoms with Gasteiger partial charge in [0.1, 0.15) is 0 Å². The largest absolute Gasteiger partial charge is 0.242 e. The van der Waals surface area contributed by atoms with Gasteiger partial charge in [0.25, 0.3) is 0 Å². The van der Waals surface area contributed by atoms with Gasteiger partial charge >= 0.3 is 0 Å². The Hall–Kier alpha value is -0.890. The highest BCUT2D eigenvalue weighted by atomic mass is 32.1. The van der Waals surface area contributed by atoms with Gasteiger partial charge < -0.3 is 0 Å². The highest BCUT2D eigenvalue weighted by Gasteiger charge is 2.14. The first kappa shape index (κ1) is 12.2. The van der Waals surface area contributed by atoms with Crippen molar-refractivity contribution in [3.63, 3.8) is 0 Å². The van der Waals surface area contributed by atoms with E-state index < -0.39 is 0 Å². The van der Waals surface area contributed by atoms with Crippen molar-refractivity contribution in [2.24, 2.45) is 0 Å². The van der Waals surface area contributed by atoms with Gasteiger partial charge in [-0.3, -0.25) is 0 Å². The van der Waals surface area contributed by atoms with Crippen molar-refractivity contribution in [3.8, 4) is 0 Å². The monoisotopic (exact) mass is 221 g/mol. The lowest BCUT2D eigenvalue weighted by Crippen LogP contribution is -2.10. The van der Waals surface area contributed by atoms with E-state index in [9.17, 15) is 0 Å². The molecular weight excluding hydrogens is 202 g/mol. The molecule has 1 aromatic carbocycles. The predicted molar refractivity (Wildman–Crippen MR) is 69.8 cm³/mol. The van der Waals surface area contributed by atoms with Crippen molar-refractivity contribution >= 4 is 21.6 Å². The number of hydrogen-bond donors (Lipinski definition) is 0. The molecule has 0 aliphatic heterocycles. The topological polar surface area (TPSA) is 12.9 Å². The second-order valence-electron chi connectivity index (χ2n) is 4.67. The molecule has 1 aromatic heterocycles. The lowest BCUT2D eigenvalue weighted by atomic mass is 9.87. The Bertz CT molecular complexity index is 463. The summed E-state index contributed by atoms with van der Waals surface area (Å²) in [4.78, 5) is 4.51. The van der Waals surface area contributed by atoms with Crippen LogP contribution in [-0.4, -0.2) is 4.98 Å². The standard InChI is InChI=1S/C12H15NS.CH4/c1-8-13-10-7-9(12(2,3)4)5-6-11(10)14-8;/h5-7H,1-4H3;1H4. The Kier molecular flexibility index (Phi) is 3.19. The number of fused-ring (bicyclic) bond motifs is 1. The van der Waals surface area contributed by atoms with E-state index in [2.05, 4.69) is 50.9 Å². The predicted octanol–water partition coefficient (Wildman–Crippen LogP) is 4.54. The molecule has 82 valence electrons. The Morgan fingerprint density at radius 1 is 1.20 bits per heavy atom. The molecule has 0 aliphatic rings. The molecule has 0 bridgehead atoms. The molecule has 15 heavy (non-hydrogen) atoms. The summed E-state index contributed by atoms with van der Waals surface area (Å²) >= 11 is 1.76.